The van der Waals surface area contributed by atoms with Gasteiger partial charge in [0, 0.05) is 10.6 Å². The average molecular weight is 625 g/mol. The van der Waals surface area contributed by atoms with Gasteiger partial charge in [0.15, 0.2) is 0 Å². The van der Waals surface area contributed by atoms with E-state index in [0.717, 1.165) is 17.5 Å². The number of hydrogen-bond donors (Lipinski definition) is 0. The van der Waals surface area contributed by atoms with Crippen LogP contribution in [0.2, 0.25) is 5.02 Å². The van der Waals surface area contributed by atoms with E-state index in [9.17, 15) is 0 Å². The fraction of sp³-hybridized carbons (Fsp3) is 0.389. The second kappa shape index (κ2) is 18.9. The molecule has 1 saturated heterocycles. The molecule has 1 fully saturated rings. The van der Waals surface area contributed by atoms with E-state index in [4.69, 9.17) is 35.3 Å². The maximum atomic E-state index is 6.89. The Balaban J connectivity index is 2.13. The Morgan fingerprint density at radius 3 is 1.93 bits per heavy atom. The molecule has 0 spiro atoms. The third-order valence-corrected chi connectivity index (χ3v) is 8.96. The van der Waals surface area contributed by atoms with E-state index in [2.05, 4.69) is 70.2 Å². The molecule has 43 heavy (non-hydrogen) atoms. The van der Waals surface area contributed by atoms with Crippen LogP contribution in [0.1, 0.15) is 34.4 Å². The predicted octanol–water partition coefficient (Wildman–Crippen LogP) is 8.13. The first kappa shape index (κ1) is 34.9. The molecular formula is C36H45ClO5S. The Kier molecular flexibility index (Phi) is 15.4. The van der Waals surface area contributed by atoms with Crippen LogP contribution < -0.4 is 4.74 Å². The summed E-state index contributed by atoms with van der Waals surface area (Å²) < 4.78 is 31.5. The van der Waals surface area contributed by atoms with Crippen LogP contribution in [-0.2, 0) is 31.8 Å². The van der Waals surface area contributed by atoms with Crippen molar-refractivity contribution in [3.63, 3.8) is 0 Å². The van der Waals surface area contributed by atoms with Crippen molar-refractivity contribution in [3.8, 4) is 5.75 Å². The molecular weight excluding hydrogens is 580 g/mol. The van der Waals surface area contributed by atoms with Gasteiger partial charge in [0.05, 0.1) is 43.5 Å². The van der Waals surface area contributed by atoms with Crippen LogP contribution in [0, 0.1) is 0 Å². The first-order valence-corrected chi connectivity index (χ1v) is 16.0. The van der Waals surface area contributed by atoms with Crippen LogP contribution >= 0.6 is 23.4 Å². The zero-order valence-electron chi connectivity index (χ0n) is 25.3. The van der Waals surface area contributed by atoms with Crippen LogP contribution in [0.3, 0.4) is 0 Å². The van der Waals surface area contributed by atoms with Crippen molar-refractivity contribution in [2.45, 2.75) is 48.6 Å². The number of halogens is 1. The molecule has 0 saturated carbocycles. The molecule has 0 unspecified atom stereocenters. The lowest BCUT2D eigenvalue weighted by Gasteiger charge is -2.46. The predicted molar refractivity (Wildman–Crippen MR) is 181 cm³/mol. The molecule has 0 bridgehead atoms. The van der Waals surface area contributed by atoms with Gasteiger partial charge in [-0.05, 0) is 41.7 Å². The summed E-state index contributed by atoms with van der Waals surface area (Å²) in [7, 11) is 0. The van der Waals surface area contributed by atoms with Crippen molar-refractivity contribution in [1.29, 1.82) is 0 Å². The molecule has 0 aliphatic carbocycles. The van der Waals surface area contributed by atoms with Gasteiger partial charge in [-0.1, -0.05) is 79.7 Å². The van der Waals surface area contributed by atoms with Crippen LogP contribution in [0.15, 0.2) is 99.7 Å². The van der Waals surface area contributed by atoms with Crippen LogP contribution in [0.5, 0.6) is 5.75 Å². The molecule has 1 aliphatic rings. The maximum Gasteiger partial charge on any atom is 0.125 e. The number of aryl methyl sites for hydroxylation is 1. The number of benzene rings is 2. The zero-order chi connectivity index (χ0) is 31.0. The molecule has 0 N–H and O–H groups in total. The summed E-state index contributed by atoms with van der Waals surface area (Å²) in [6.45, 7) is 23.7. The Morgan fingerprint density at radius 1 is 0.744 bits per heavy atom. The standard InChI is InChI=1S/C36H45ClO5S/c1-7-17-38-25-32-33(40-19-9-3)34(41-20-10-4)35(42-21-11-5)36(43-32)29-23-28(30(37)24-31(29)39-18-8-2)22-27-15-13-26(12-6)14-16-27/h7-11,13-16,23-24,32-36H,1-5,12,17-22,25H2,6H3/t32-,33+,34+,35-,36+/m1/s1. The molecule has 3 rings (SSSR count). The van der Waals surface area contributed by atoms with Gasteiger partial charge in [-0.25, -0.2) is 0 Å². The number of rotatable bonds is 20. The highest BCUT2D eigenvalue weighted by molar-refractivity contribution is 8.00. The lowest BCUT2D eigenvalue weighted by Crippen LogP contribution is -2.55. The molecule has 1 heterocycles. The summed E-state index contributed by atoms with van der Waals surface area (Å²) in [6.07, 6.45) is 9.18. The molecule has 2 aromatic rings. The van der Waals surface area contributed by atoms with Gasteiger partial charge in [-0.2, -0.15) is 0 Å². The summed E-state index contributed by atoms with van der Waals surface area (Å²) >= 11 is 8.62. The average Bonchev–Trinajstić information content (AvgIpc) is 3.02. The fourth-order valence-corrected chi connectivity index (χ4v) is 6.92. The second-order valence-electron chi connectivity index (χ2n) is 10.1. The highest BCUT2D eigenvalue weighted by atomic mass is 35.5. The number of ether oxygens (including phenoxy) is 5. The number of hydrogen-bond acceptors (Lipinski definition) is 6. The minimum atomic E-state index is -0.436. The summed E-state index contributed by atoms with van der Waals surface area (Å²) in [5, 5.41) is 0.356. The normalized spacial score (nSPS) is 21.6. The number of thioether (sulfide) groups is 1. The van der Waals surface area contributed by atoms with Crippen LogP contribution in [-0.4, -0.2) is 63.2 Å². The van der Waals surface area contributed by atoms with E-state index in [0.29, 0.717) is 56.8 Å². The van der Waals surface area contributed by atoms with E-state index in [1.54, 1.807) is 42.1 Å². The van der Waals surface area contributed by atoms with Gasteiger partial charge in [0.25, 0.3) is 0 Å². The summed E-state index contributed by atoms with van der Waals surface area (Å²) in [6, 6.07) is 12.7. The summed E-state index contributed by atoms with van der Waals surface area (Å²) in [5.41, 5.74) is 4.45. The van der Waals surface area contributed by atoms with Crippen LogP contribution in [0.4, 0.5) is 0 Å². The quantitative estimate of drug-likeness (QED) is 0.109. The zero-order valence-corrected chi connectivity index (χ0v) is 26.8. The van der Waals surface area contributed by atoms with Gasteiger partial charge in [-0.15, -0.1) is 38.1 Å². The lowest BCUT2D eigenvalue weighted by molar-refractivity contribution is -0.136. The molecule has 0 amide bonds. The van der Waals surface area contributed by atoms with E-state index in [1.807, 2.05) is 6.07 Å². The molecule has 2 aromatic carbocycles. The van der Waals surface area contributed by atoms with E-state index in [1.165, 1.54) is 11.1 Å². The molecule has 0 aromatic heterocycles. The smallest absolute Gasteiger partial charge is 0.125 e. The van der Waals surface area contributed by atoms with Crippen LogP contribution in [0.25, 0.3) is 0 Å². The van der Waals surface area contributed by atoms with Gasteiger partial charge in [0.1, 0.15) is 30.7 Å². The maximum absolute atomic E-state index is 6.89. The van der Waals surface area contributed by atoms with Crippen molar-refractivity contribution in [2.24, 2.45) is 0 Å². The fourth-order valence-electron chi connectivity index (χ4n) is 5.04. The monoisotopic (exact) mass is 624 g/mol. The van der Waals surface area contributed by atoms with Gasteiger partial charge in [-0.3, -0.25) is 0 Å². The molecule has 7 heteroatoms. The third kappa shape index (κ3) is 9.97. The SMILES string of the molecule is C=CCOC[C@H]1S[C@@H](c2cc(Cc3ccc(CC)cc3)c(Cl)cc2OCC=C)[C@H](OCC=C)[C@@H](OCC=C)[C@H]1OCC=C. The minimum absolute atomic E-state index is 0.0868. The third-order valence-electron chi connectivity index (χ3n) is 7.04. The topological polar surface area (TPSA) is 46.2 Å². The minimum Gasteiger partial charge on any atom is -0.489 e. The highest BCUT2D eigenvalue weighted by Crippen LogP contribution is 2.50. The Hall–Kier alpha value is -2.58. The molecule has 0 radical (unpaired) electrons. The van der Waals surface area contributed by atoms with Crippen molar-refractivity contribution in [3.05, 3.63) is 127 Å². The van der Waals surface area contributed by atoms with E-state index >= 15 is 0 Å². The van der Waals surface area contributed by atoms with Crippen molar-refractivity contribution in [2.75, 3.05) is 39.6 Å². The molecule has 5 atom stereocenters. The molecule has 1 aliphatic heterocycles. The molecule has 232 valence electrons. The summed E-state index contributed by atoms with van der Waals surface area (Å²) in [5.74, 6) is 0.679. The Bertz CT molecular complexity index is 1200. The lowest BCUT2D eigenvalue weighted by atomic mass is 9.93. The van der Waals surface area contributed by atoms with Crippen molar-refractivity contribution < 1.29 is 23.7 Å². The second-order valence-corrected chi connectivity index (χ2v) is 11.9. The van der Waals surface area contributed by atoms with Crippen molar-refractivity contribution >= 4 is 23.4 Å². The largest absolute Gasteiger partial charge is 0.489 e. The first-order valence-electron chi connectivity index (χ1n) is 14.7. The van der Waals surface area contributed by atoms with Gasteiger partial charge >= 0.3 is 0 Å². The van der Waals surface area contributed by atoms with Gasteiger partial charge in [0.2, 0.25) is 0 Å². The first-order chi connectivity index (χ1) is 21.0. The van der Waals surface area contributed by atoms with Gasteiger partial charge < -0.3 is 23.7 Å². The summed E-state index contributed by atoms with van der Waals surface area (Å²) in [4.78, 5) is 0. The van der Waals surface area contributed by atoms with E-state index in [-0.39, 0.29) is 16.6 Å². The Morgan fingerprint density at radius 2 is 1.33 bits per heavy atom. The van der Waals surface area contributed by atoms with E-state index < -0.39 is 12.2 Å². The van der Waals surface area contributed by atoms with Crippen molar-refractivity contribution in [1.82, 2.24) is 0 Å². The Labute approximate surface area is 267 Å². The molecule has 5 nitrogen and oxygen atoms in total. The highest BCUT2D eigenvalue weighted by Gasteiger charge is 2.49.